The van der Waals surface area contributed by atoms with Gasteiger partial charge in [-0.1, -0.05) is 32.8 Å². The normalized spacial score (nSPS) is 26.8. The van der Waals surface area contributed by atoms with Gasteiger partial charge in [0.1, 0.15) is 0 Å². The number of ketones is 1. The molecule has 0 heterocycles. The molecule has 1 unspecified atom stereocenters. The molecular weight excluding hydrogens is 160 g/mol. The first-order valence-corrected chi connectivity index (χ1v) is 5.49. The van der Waals surface area contributed by atoms with E-state index in [-0.39, 0.29) is 0 Å². The lowest BCUT2D eigenvalue weighted by atomic mass is 9.84. The molecule has 0 aromatic carbocycles. The Bertz CT molecular complexity index is 203. The van der Waals surface area contributed by atoms with E-state index in [1.807, 2.05) is 0 Å². The maximum atomic E-state index is 11.5. The van der Waals surface area contributed by atoms with Gasteiger partial charge >= 0.3 is 0 Å². The van der Waals surface area contributed by atoms with E-state index >= 15 is 0 Å². The van der Waals surface area contributed by atoms with Crippen molar-refractivity contribution in [2.75, 3.05) is 0 Å². The Morgan fingerprint density at radius 1 is 1.54 bits per heavy atom. The van der Waals surface area contributed by atoms with Crippen LogP contribution in [0.5, 0.6) is 0 Å². The van der Waals surface area contributed by atoms with Crippen molar-refractivity contribution in [2.45, 2.75) is 52.4 Å². The van der Waals surface area contributed by atoms with E-state index in [2.05, 4.69) is 19.9 Å². The van der Waals surface area contributed by atoms with Crippen LogP contribution in [0.25, 0.3) is 0 Å². The predicted octanol–water partition coefficient (Wildman–Crippen LogP) is 3.49. The van der Waals surface area contributed by atoms with Gasteiger partial charge in [-0.2, -0.15) is 0 Å². The fraction of sp³-hybridized carbons (Fsp3) is 0.750. The summed E-state index contributed by atoms with van der Waals surface area (Å²) in [4.78, 5) is 11.5. The van der Waals surface area contributed by atoms with E-state index < -0.39 is 0 Å². The second-order valence-electron chi connectivity index (χ2n) is 4.02. The second-order valence-corrected chi connectivity index (χ2v) is 4.02. The Labute approximate surface area is 81.2 Å². The summed E-state index contributed by atoms with van der Waals surface area (Å²) in [6, 6.07) is 0. The molecule has 0 amide bonds. The second kappa shape index (κ2) is 5.21. The molecule has 1 saturated carbocycles. The van der Waals surface area contributed by atoms with Gasteiger partial charge in [0, 0.05) is 6.42 Å². The lowest BCUT2D eigenvalue weighted by Gasteiger charge is -2.20. The summed E-state index contributed by atoms with van der Waals surface area (Å²) < 4.78 is 0. The Hall–Kier alpha value is -0.590. The van der Waals surface area contributed by atoms with Crippen molar-refractivity contribution in [3.8, 4) is 0 Å². The summed E-state index contributed by atoms with van der Waals surface area (Å²) in [5.41, 5.74) is 1.11. The van der Waals surface area contributed by atoms with Crippen LogP contribution in [0, 0.1) is 5.92 Å². The molecule has 13 heavy (non-hydrogen) atoms. The Morgan fingerprint density at radius 2 is 2.31 bits per heavy atom. The summed E-state index contributed by atoms with van der Waals surface area (Å²) in [6.07, 6.45) is 8.75. The molecule has 0 aromatic heterocycles. The number of carbonyl (C=O) groups excluding carboxylic acids is 1. The lowest BCUT2D eigenvalue weighted by molar-refractivity contribution is -0.117. The molecule has 1 aliphatic rings. The van der Waals surface area contributed by atoms with Crippen molar-refractivity contribution in [3.63, 3.8) is 0 Å². The van der Waals surface area contributed by atoms with Crippen LogP contribution in [0.4, 0.5) is 0 Å². The highest BCUT2D eigenvalue weighted by molar-refractivity contribution is 5.96. The topological polar surface area (TPSA) is 17.1 Å². The molecule has 0 aromatic rings. The van der Waals surface area contributed by atoms with Crippen LogP contribution in [0.1, 0.15) is 52.4 Å². The van der Waals surface area contributed by atoms with Crippen LogP contribution >= 0.6 is 0 Å². The van der Waals surface area contributed by atoms with Gasteiger partial charge in [0.05, 0.1) is 0 Å². The van der Waals surface area contributed by atoms with E-state index in [0.29, 0.717) is 11.7 Å². The standard InChI is InChI=1S/C12H20O/c1-3-4-5-8-11-10(2)7-6-9-12(11)13/h8,10H,3-7,9H2,1-2H3/b11-8+. The molecule has 0 bridgehead atoms. The van der Waals surface area contributed by atoms with Gasteiger partial charge in [0.15, 0.2) is 5.78 Å². The van der Waals surface area contributed by atoms with Crippen LogP contribution in [0.3, 0.4) is 0 Å². The number of hydrogen-bond donors (Lipinski definition) is 0. The molecule has 0 spiro atoms. The van der Waals surface area contributed by atoms with Crippen LogP contribution in [0.15, 0.2) is 11.6 Å². The Morgan fingerprint density at radius 3 is 2.92 bits per heavy atom. The lowest BCUT2D eigenvalue weighted by Crippen LogP contribution is -2.16. The van der Waals surface area contributed by atoms with Crippen molar-refractivity contribution < 1.29 is 4.79 Å². The molecule has 0 radical (unpaired) electrons. The summed E-state index contributed by atoms with van der Waals surface area (Å²) >= 11 is 0. The predicted molar refractivity (Wildman–Crippen MR) is 55.6 cm³/mol. The maximum absolute atomic E-state index is 11.5. The maximum Gasteiger partial charge on any atom is 0.158 e. The first kappa shape index (κ1) is 10.5. The van der Waals surface area contributed by atoms with Gasteiger partial charge in [-0.25, -0.2) is 0 Å². The average Bonchev–Trinajstić information content (AvgIpc) is 2.10. The first-order chi connectivity index (χ1) is 6.25. The van der Waals surface area contributed by atoms with E-state index in [9.17, 15) is 4.79 Å². The summed E-state index contributed by atoms with van der Waals surface area (Å²) in [5.74, 6) is 0.910. The molecule has 0 aliphatic heterocycles. The number of hydrogen-bond acceptors (Lipinski definition) is 1. The third kappa shape index (κ3) is 2.98. The zero-order chi connectivity index (χ0) is 9.68. The highest BCUT2D eigenvalue weighted by atomic mass is 16.1. The Kier molecular flexibility index (Phi) is 4.20. The zero-order valence-electron chi connectivity index (χ0n) is 8.81. The van der Waals surface area contributed by atoms with Gasteiger partial charge in [0.25, 0.3) is 0 Å². The molecule has 1 fully saturated rings. The molecular formula is C12H20O. The molecule has 1 heteroatoms. The molecule has 1 atom stereocenters. The number of carbonyl (C=O) groups is 1. The van der Waals surface area contributed by atoms with Gasteiger partial charge in [-0.05, 0) is 30.8 Å². The molecule has 1 rings (SSSR count). The van der Waals surface area contributed by atoms with Gasteiger partial charge < -0.3 is 0 Å². The van der Waals surface area contributed by atoms with Gasteiger partial charge in [-0.15, -0.1) is 0 Å². The minimum atomic E-state index is 0.398. The van der Waals surface area contributed by atoms with Crippen molar-refractivity contribution in [2.24, 2.45) is 5.92 Å². The highest BCUT2D eigenvalue weighted by Gasteiger charge is 2.20. The number of allylic oxidation sites excluding steroid dienone is 2. The average molecular weight is 180 g/mol. The van der Waals surface area contributed by atoms with Gasteiger partial charge in [-0.3, -0.25) is 4.79 Å². The molecule has 0 saturated heterocycles. The van der Waals surface area contributed by atoms with E-state index in [1.165, 1.54) is 19.3 Å². The molecule has 0 N–H and O–H groups in total. The zero-order valence-corrected chi connectivity index (χ0v) is 8.81. The Balaban J connectivity index is 2.52. The smallest absolute Gasteiger partial charge is 0.158 e. The molecule has 1 nitrogen and oxygen atoms in total. The molecule has 1 aliphatic carbocycles. The third-order valence-electron chi connectivity index (χ3n) is 2.82. The van der Waals surface area contributed by atoms with Crippen molar-refractivity contribution >= 4 is 5.78 Å². The van der Waals surface area contributed by atoms with Crippen molar-refractivity contribution in [1.82, 2.24) is 0 Å². The minimum Gasteiger partial charge on any atom is -0.295 e. The summed E-state index contributed by atoms with van der Waals surface area (Å²) in [5, 5.41) is 0. The number of rotatable bonds is 3. The third-order valence-corrected chi connectivity index (χ3v) is 2.82. The van der Waals surface area contributed by atoms with E-state index in [4.69, 9.17) is 0 Å². The van der Waals surface area contributed by atoms with Crippen LogP contribution in [-0.2, 0) is 4.79 Å². The van der Waals surface area contributed by atoms with Crippen molar-refractivity contribution in [3.05, 3.63) is 11.6 Å². The van der Waals surface area contributed by atoms with Gasteiger partial charge in [0.2, 0.25) is 0 Å². The summed E-state index contributed by atoms with van der Waals surface area (Å²) in [6.45, 7) is 4.36. The van der Waals surface area contributed by atoms with Crippen LogP contribution in [-0.4, -0.2) is 5.78 Å². The monoisotopic (exact) mass is 180 g/mol. The summed E-state index contributed by atoms with van der Waals surface area (Å²) in [7, 11) is 0. The SMILES string of the molecule is CCCC/C=C1/C(=O)CCCC1C. The quantitative estimate of drug-likeness (QED) is 0.480. The van der Waals surface area contributed by atoms with Crippen LogP contribution < -0.4 is 0 Å². The largest absolute Gasteiger partial charge is 0.295 e. The highest BCUT2D eigenvalue weighted by Crippen LogP contribution is 2.26. The van der Waals surface area contributed by atoms with Crippen LogP contribution in [0.2, 0.25) is 0 Å². The minimum absolute atomic E-state index is 0.398. The fourth-order valence-corrected chi connectivity index (χ4v) is 1.92. The number of unbranched alkanes of at least 4 members (excludes halogenated alkanes) is 2. The first-order valence-electron chi connectivity index (χ1n) is 5.49. The molecule has 74 valence electrons. The van der Waals surface area contributed by atoms with E-state index in [0.717, 1.165) is 24.8 Å². The van der Waals surface area contributed by atoms with E-state index in [1.54, 1.807) is 0 Å². The fourth-order valence-electron chi connectivity index (χ4n) is 1.92. The number of Topliss-reactive ketones (excluding diaryl/α,β-unsaturated/α-hetero) is 1. The van der Waals surface area contributed by atoms with Crippen molar-refractivity contribution in [1.29, 1.82) is 0 Å².